The fraction of sp³-hybridized carbons (Fsp3) is 0.464. The number of likely N-dealkylation sites (N-methyl/N-ethyl adjacent to an activating group) is 1. The standard InChI is InChI=1S/C28H28Cl2F3N3O4/c1-34(27(39)40-19-5-3-18(31)4-6-19)24-15-36(14-20(24)17-2-7-22(29)23(30)12-17)25(37)16-8-10-35(11-9-16)26(38)21-13-28(21,32)33/h2-7,12,16,20-21,24H,8-11,13-15H2,1H3. The van der Waals surface area contributed by atoms with Crippen molar-refractivity contribution < 1.29 is 32.3 Å². The van der Waals surface area contributed by atoms with Crippen LogP contribution in [0.25, 0.3) is 0 Å². The first-order valence-electron chi connectivity index (χ1n) is 13.0. The molecular weight excluding hydrogens is 570 g/mol. The topological polar surface area (TPSA) is 70.2 Å². The number of benzene rings is 2. The lowest BCUT2D eigenvalue weighted by atomic mass is 9.93. The SMILES string of the molecule is CN(C(=O)Oc1ccc(F)cc1)C1CN(C(=O)C2CCN(C(=O)C3CC3(F)F)CC2)CC1c1ccc(Cl)c(Cl)c1. The van der Waals surface area contributed by atoms with Crippen LogP contribution in [0.3, 0.4) is 0 Å². The molecule has 0 aromatic heterocycles. The Morgan fingerprint density at radius 2 is 1.60 bits per heavy atom. The molecule has 2 aliphatic heterocycles. The van der Waals surface area contributed by atoms with Gasteiger partial charge in [0.2, 0.25) is 11.8 Å². The molecular formula is C28H28Cl2F3N3O4. The molecule has 214 valence electrons. The van der Waals surface area contributed by atoms with Gasteiger partial charge in [0.05, 0.1) is 16.1 Å². The van der Waals surface area contributed by atoms with Crippen LogP contribution in [0.15, 0.2) is 42.5 Å². The second-order valence-electron chi connectivity index (χ2n) is 10.6. The molecule has 1 aliphatic carbocycles. The van der Waals surface area contributed by atoms with Gasteiger partial charge >= 0.3 is 6.09 Å². The Hall–Kier alpha value is -2.98. The minimum atomic E-state index is -2.92. The van der Waals surface area contributed by atoms with Crippen molar-refractivity contribution in [3.05, 3.63) is 63.9 Å². The maximum Gasteiger partial charge on any atom is 0.415 e. The van der Waals surface area contributed by atoms with Gasteiger partial charge in [-0.15, -0.1) is 0 Å². The Labute approximate surface area is 239 Å². The molecule has 0 bridgehead atoms. The number of rotatable bonds is 5. The number of hydrogen-bond acceptors (Lipinski definition) is 4. The summed E-state index contributed by atoms with van der Waals surface area (Å²) < 4.78 is 45.4. The summed E-state index contributed by atoms with van der Waals surface area (Å²) in [6, 6.07) is 9.79. The summed E-state index contributed by atoms with van der Waals surface area (Å²) in [5, 5.41) is 0.722. The predicted octanol–water partition coefficient (Wildman–Crippen LogP) is 5.45. The van der Waals surface area contributed by atoms with Crippen LogP contribution in [0.4, 0.5) is 18.0 Å². The third-order valence-corrected chi connectivity index (χ3v) is 8.80. The normalized spacial score (nSPS) is 24.1. The van der Waals surface area contributed by atoms with Crippen LogP contribution in [0.1, 0.15) is 30.7 Å². The van der Waals surface area contributed by atoms with Crippen LogP contribution in [0.2, 0.25) is 10.0 Å². The first-order valence-corrected chi connectivity index (χ1v) is 13.8. The number of nitrogens with zero attached hydrogens (tertiary/aromatic N) is 3. The first-order chi connectivity index (χ1) is 18.9. The van der Waals surface area contributed by atoms with Gasteiger partial charge in [0, 0.05) is 51.5 Å². The average molecular weight is 598 g/mol. The molecule has 2 aromatic carbocycles. The van der Waals surface area contributed by atoms with E-state index in [9.17, 15) is 27.6 Å². The fourth-order valence-corrected chi connectivity index (χ4v) is 5.85. The Morgan fingerprint density at radius 3 is 2.20 bits per heavy atom. The quantitative estimate of drug-likeness (QED) is 0.459. The molecule has 0 spiro atoms. The molecule has 2 heterocycles. The number of ether oxygens (including phenoxy) is 1. The van der Waals surface area contributed by atoms with Gasteiger partial charge in [-0.25, -0.2) is 18.0 Å². The molecule has 3 unspecified atom stereocenters. The third-order valence-electron chi connectivity index (χ3n) is 8.06. The molecule has 3 fully saturated rings. The van der Waals surface area contributed by atoms with Crippen LogP contribution in [0, 0.1) is 17.7 Å². The summed E-state index contributed by atoms with van der Waals surface area (Å²) in [4.78, 5) is 43.5. The summed E-state index contributed by atoms with van der Waals surface area (Å²) in [6.07, 6.45) is -0.319. The van der Waals surface area contributed by atoms with E-state index in [1.807, 2.05) is 0 Å². The second-order valence-corrected chi connectivity index (χ2v) is 11.5. The molecule has 1 saturated carbocycles. The summed E-state index contributed by atoms with van der Waals surface area (Å²) in [5.41, 5.74) is 0.793. The van der Waals surface area contributed by atoms with Crippen molar-refractivity contribution in [2.75, 3.05) is 33.2 Å². The predicted molar refractivity (Wildman–Crippen MR) is 142 cm³/mol. The van der Waals surface area contributed by atoms with Crippen molar-refractivity contribution in [3.8, 4) is 5.75 Å². The third kappa shape index (κ3) is 5.88. The van der Waals surface area contributed by atoms with E-state index in [4.69, 9.17) is 27.9 Å². The molecule has 3 atom stereocenters. The molecule has 0 N–H and O–H groups in total. The van der Waals surface area contributed by atoms with Crippen molar-refractivity contribution in [1.29, 1.82) is 0 Å². The number of alkyl halides is 2. The zero-order valence-corrected chi connectivity index (χ0v) is 23.2. The number of likely N-dealkylation sites (tertiary alicyclic amines) is 2. The summed E-state index contributed by atoms with van der Waals surface area (Å²) >= 11 is 12.4. The number of carbonyl (C=O) groups excluding carboxylic acids is 3. The highest BCUT2D eigenvalue weighted by atomic mass is 35.5. The van der Waals surface area contributed by atoms with E-state index in [0.29, 0.717) is 29.4 Å². The molecule has 2 saturated heterocycles. The lowest BCUT2D eigenvalue weighted by Crippen LogP contribution is -2.46. The van der Waals surface area contributed by atoms with Gasteiger partial charge in [-0.2, -0.15) is 0 Å². The lowest BCUT2D eigenvalue weighted by molar-refractivity contribution is -0.141. The number of amides is 3. The van der Waals surface area contributed by atoms with E-state index >= 15 is 0 Å². The number of halogens is 5. The first kappa shape index (κ1) is 28.5. The summed E-state index contributed by atoms with van der Waals surface area (Å²) in [7, 11) is 1.58. The number of piperidine rings is 1. The van der Waals surface area contributed by atoms with Crippen molar-refractivity contribution in [3.63, 3.8) is 0 Å². The van der Waals surface area contributed by atoms with E-state index in [1.165, 1.54) is 34.1 Å². The Morgan fingerprint density at radius 1 is 0.950 bits per heavy atom. The second kappa shape index (κ2) is 11.1. The summed E-state index contributed by atoms with van der Waals surface area (Å²) in [5.74, 6) is -5.76. The van der Waals surface area contributed by atoms with Crippen LogP contribution in [-0.4, -0.2) is 77.8 Å². The van der Waals surface area contributed by atoms with Crippen LogP contribution in [0.5, 0.6) is 5.75 Å². The Bertz CT molecular complexity index is 1300. The van der Waals surface area contributed by atoms with Gasteiger partial charge in [0.1, 0.15) is 17.5 Å². The van der Waals surface area contributed by atoms with Crippen LogP contribution >= 0.6 is 23.2 Å². The zero-order valence-electron chi connectivity index (χ0n) is 21.7. The highest BCUT2D eigenvalue weighted by Crippen LogP contribution is 2.49. The van der Waals surface area contributed by atoms with Gasteiger partial charge in [-0.05, 0) is 54.8 Å². The zero-order chi connectivity index (χ0) is 28.8. The van der Waals surface area contributed by atoms with Crippen LogP contribution in [-0.2, 0) is 9.59 Å². The van der Waals surface area contributed by atoms with Gasteiger partial charge in [0.25, 0.3) is 5.92 Å². The molecule has 3 amide bonds. The number of carbonyl (C=O) groups is 3. The van der Waals surface area contributed by atoms with E-state index in [-0.39, 0.29) is 43.1 Å². The molecule has 3 aliphatic rings. The Balaban J connectivity index is 1.28. The lowest BCUT2D eigenvalue weighted by Gasteiger charge is -2.33. The minimum absolute atomic E-state index is 0.114. The summed E-state index contributed by atoms with van der Waals surface area (Å²) in [6.45, 7) is 1.04. The van der Waals surface area contributed by atoms with Crippen molar-refractivity contribution in [1.82, 2.24) is 14.7 Å². The minimum Gasteiger partial charge on any atom is -0.410 e. The molecule has 40 heavy (non-hydrogen) atoms. The van der Waals surface area contributed by atoms with E-state index in [2.05, 4.69) is 0 Å². The van der Waals surface area contributed by atoms with Gasteiger partial charge in [-0.3, -0.25) is 9.59 Å². The van der Waals surface area contributed by atoms with Gasteiger partial charge < -0.3 is 19.4 Å². The van der Waals surface area contributed by atoms with E-state index in [0.717, 1.165) is 5.56 Å². The molecule has 2 aromatic rings. The maximum absolute atomic E-state index is 13.6. The smallest absolute Gasteiger partial charge is 0.410 e. The van der Waals surface area contributed by atoms with Gasteiger partial charge in [0.15, 0.2) is 0 Å². The fourth-order valence-electron chi connectivity index (χ4n) is 5.55. The highest BCUT2D eigenvalue weighted by molar-refractivity contribution is 6.42. The van der Waals surface area contributed by atoms with Crippen molar-refractivity contribution in [2.45, 2.75) is 37.1 Å². The van der Waals surface area contributed by atoms with Gasteiger partial charge in [-0.1, -0.05) is 29.3 Å². The van der Waals surface area contributed by atoms with E-state index < -0.39 is 42.1 Å². The number of hydrogen-bond donors (Lipinski definition) is 0. The molecule has 5 rings (SSSR count). The monoisotopic (exact) mass is 597 g/mol. The largest absolute Gasteiger partial charge is 0.415 e. The molecule has 7 nitrogen and oxygen atoms in total. The van der Waals surface area contributed by atoms with Crippen molar-refractivity contribution >= 4 is 41.1 Å². The average Bonchev–Trinajstić information content (AvgIpc) is 3.36. The highest BCUT2D eigenvalue weighted by Gasteiger charge is 2.62. The Kier molecular flexibility index (Phi) is 7.94. The van der Waals surface area contributed by atoms with Crippen LogP contribution < -0.4 is 4.74 Å². The van der Waals surface area contributed by atoms with E-state index in [1.54, 1.807) is 30.1 Å². The molecule has 0 radical (unpaired) electrons. The molecule has 12 heteroatoms. The maximum atomic E-state index is 13.6. The van der Waals surface area contributed by atoms with Crippen molar-refractivity contribution in [2.24, 2.45) is 11.8 Å².